The highest BCUT2D eigenvalue weighted by atomic mass is 16.5. The van der Waals surface area contributed by atoms with Crippen LogP contribution in [0.1, 0.15) is 53.1 Å². The predicted octanol–water partition coefficient (Wildman–Crippen LogP) is 8.98. The van der Waals surface area contributed by atoms with Crippen molar-refractivity contribution in [3.05, 3.63) is 167 Å². The van der Waals surface area contributed by atoms with Crippen LogP contribution in [0.25, 0.3) is 23.3 Å². The minimum absolute atomic E-state index is 0.0987. The van der Waals surface area contributed by atoms with E-state index in [1.54, 1.807) is 142 Å². The van der Waals surface area contributed by atoms with Crippen LogP contribution in [0.4, 0.5) is 9.59 Å². The van der Waals surface area contributed by atoms with Gasteiger partial charge >= 0.3 is 24.0 Å². The summed E-state index contributed by atoms with van der Waals surface area (Å²) in [5.41, 5.74) is 14.6. The quantitative estimate of drug-likeness (QED) is 0.0256. The van der Waals surface area contributed by atoms with Crippen LogP contribution in [-0.2, 0) is 36.8 Å². The number of carboxylic acid groups (broad SMARTS) is 1. The Bertz CT molecular complexity index is 2930. The molecule has 7 N–H and O–H groups in total. The number of esters is 1. The van der Waals surface area contributed by atoms with Gasteiger partial charge in [-0.15, -0.1) is 0 Å². The Morgan fingerprint density at radius 1 is 0.473 bits per heavy atom. The van der Waals surface area contributed by atoms with Crippen LogP contribution in [0, 0.1) is 0 Å². The molecule has 0 aromatic heterocycles. The van der Waals surface area contributed by atoms with Gasteiger partial charge in [0.2, 0.25) is 11.8 Å². The molecule has 0 saturated carbocycles. The van der Waals surface area contributed by atoms with Crippen molar-refractivity contribution in [3.8, 4) is 46.0 Å². The van der Waals surface area contributed by atoms with Crippen molar-refractivity contribution in [1.82, 2.24) is 10.6 Å². The van der Waals surface area contributed by atoms with E-state index in [2.05, 4.69) is 0 Å². The third-order valence-electron chi connectivity index (χ3n) is 10.6. The molecule has 0 atom stereocenters. The molecule has 0 bridgehead atoms. The first-order valence-electron chi connectivity index (χ1n) is 22.8. The molecule has 0 aliphatic rings. The van der Waals surface area contributed by atoms with Crippen LogP contribution in [0.5, 0.6) is 46.0 Å². The van der Waals surface area contributed by atoms with E-state index in [4.69, 9.17) is 44.6 Å². The Balaban J connectivity index is 0.000000274. The number of urea groups is 2. The normalized spacial score (nSPS) is 10.9. The molecule has 0 aliphatic heterocycles. The SMILES string of the molecule is CCOC(=O)/C(=C/c1cc(OC)cc(OC)c1)c1ccc(Oc2ccc(CCC(=O)NC(N)=O)cc2)cc1.COc1cc(/C=C(/C(=O)O)c2ccc(Oc3ccc(CCC(=O)NC(N)=O)cc3)cc2)cc(OC)c1. The summed E-state index contributed by atoms with van der Waals surface area (Å²) in [6.07, 6.45) is 4.44. The van der Waals surface area contributed by atoms with Crippen LogP contribution in [-0.4, -0.2) is 76.0 Å². The Morgan fingerprint density at radius 2 is 0.797 bits per heavy atom. The molecule has 384 valence electrons. The van der Waals surface area contributed by atoms with Crippen molar-refractivity contribution in [3.63, 3.8) is 0 Å². The van der Waals surface area contributed by atoms with Crippen molar-refractivity contribution >= 4 is 59.1 Å². The smallest absolute Gasteiger partial charge is 0.338 e. The van der Waals surface area contributed by atoms with Gasteiger partial charge in [0, 0.05) is 25.0 Å². The number of ether oxygens (including phenoxy) is 7. The number of nitrogens with two attached hydrogens (primary N) is 2. The molecule has 0 saturated heterocycles. The third-order valence-corrected chi connectivity index (χ3v) is 10.6. The predicted molar refractivity (Wildman–Crippen MR) is 277 cm³/mol. The second-order valence-corrected chi connectivity index (χ2v) is 15.8. The van der Waals surface area contributed by atoms with Gasteiger partial charge in [-0.1, -0.05) is 48.5 Å². The first kappa shape index (κ1) is 55.3. The first-order valence-corrected chi connectivity index (χ1v) is 22.8. The number of amides is 6. The van der Waals surface area contributed by atoms with Gasteiger partial charge in [-0.3, -0.25) is 20.2 Å². The molecule has 0 heterocycles. The lowest BCUT2D eigenvalue weighted by Gasteiger charge is -2.11. The van der Waals surface area contributed by atoms with Gasteiger partial charge in [-0.2, -0.15) is 0 Å². The van der Waals surface area contributed by atoms with Gasteiger partial charge in [0.1, 0.15) is 46.0 Å². The van der Waals surface area contributed by atoms with E-state index in [0.717, 1.165) is 16.7 Å². The number of rotatable bonds is 21. The van der Waals surface area contributed by atoms with Gasteiger partial charge in [0.05, 0.1) is 46.2 Å². The standard InChI is InChI=1S/C29H30N2O7.C27H26N2O7/c1-4-37-28(33)26(17-20-15-24(35-2)18-25(16-20)36-3)21-8-12-23(13-9-21)38-22-10-5-19(6-11-22)7-14-27(32)31-29(30)34;1-34-22-13-18(14-23(16-22)35-2)15-24(26(31)32)19-6-10-21(11-7-19)36-20-8-3-17(4-9-20)5-12-25(30)29-27(28)33/h5-6,8-13,15-18H,4,7,14H2,1-3H3,(H3,30,31,32,34);3-4,6-11,13-16H,5,12H2,1-2H3,(H,31,32)(H3,28,29,30,33)/b26-17+;24-15+. The molecule has 6 aromatic rings. The summed E-state index contributed by atoms with van der Waals surface area (Å²) in [5.74, 6) is 2.18. The minimum Gasteiger partial charge on any atom is -0.497 e. The minimum atomic E-state index is -1.08. The summed E-state index contributed by atoms with van der Waals surface area (Å²) < 4.78 is 38.2. The Labute approximate surface area is 427 Å². The molecule has 0 unspecified atom stereocenters. The summed E-state index contributed by atoms with van der Waals surface area (Å²) in [4.78, 5) is 69.3. The highest BCUT2D eigenvalue weighted by Gasteiger charge is 2.16. The number of methoxy groups -OCH3 is 4. The summed E-state index contributed by atoms with van der Waals surface area (Å²) in [6.45, 7) is 1.99. The van der Waals surface area contributed by atoms with Crippen molar-refractivity contribution < 1.29 is 67.0 Å². The number of benzene rings is 6. The third kappa shape index (κ3) is 17.7. The average Bonchev–Trinajstić information content (AvgIpc) is 3.39. The topological polar surface area (TPSA) is 263 Å². The molecule has 6 rings (SSSR count). The molecular formula is C56H56N4O14. The second kappa shape index (κ2) is 27.7. The maximum atomic E-state index is 12.8. The number of carbonyl (C=O) groups excluding carboxylic acids is 5. The molecular weight excluding hydrogens is 953 g/mol. The fraction of sp³-hybridized carbons (Fsp3) is 0.179. The van der Waals surface area contributed by atoms with E-state index in [1.807, 2.05) is 34.9 Å². The van der Waals surface area contributed by atoms with Gasteiger partial charge in [0.25, 0.3) is 0 Å². The van der Waals surface area contributed by atoms with E-state index in [-0.39, 0.29) is 25.0 Å². The number of carboxylic acids is 1. The highest BCUT2D eigenvalue weighted by Crippen LogP contribution is 2.31. The number of hydrogen-bond donors (Lipinski definition) is 5. The average molecular weight is 1010 g/mol. The summed E-state index contributed by atoms with van der Waals surface area (Å²) in [6, 6.07) is 36.9. The van der Waals surface area contributed by atoms with Gasteiger partial charge < -0.3 is 49.7 Å². The maximum absolute atomic E-state index is 12.8. The van der Waals surface area contributed by atoms with Crippen molar-refractivity contribution in [2.45, 2.75) is 32.6 Å². The van der Waals surface area contributed by atoms with E-state index >= 15 is 0 Å². The molecule has 18 heteroatoms. The number of primary amides is 2. The zero-order valence-electron chi connectivity index (χ0n) is 41.3. The van der Waals surface area contributed by atoms with E-state index < -0.39 is 35.8 Å². The molecule has 6 amide bonds. The maximum Gasteiger partial charge on any atom is 0.338 e. The molecule has 6 aromatic carbocycles. The molecule has 0 fully saturated rings. The van der Waals surface area contributed by atoms with E-state index in [0.29, 0.717) is 81.1 Å². The van der Waals surface area contributed by atoms with Crippen molar-refractivity contribution in [2.24, 2.45) is 11.5 Å². The van der Waals surface area contributed by atoms with E-state index in [1.165, 1.54) is 14.2 Å². The Kier molecular flexibility index (Phi) is 20.7. The van der Waals surface area contributed by atoms with Crippen LogP contribution < -0.4 is 50.5 Å². The highest BCUT2D eigenvalue weighted by molar-refractivity contribution is 6.22. The lowest BCUT2D eigenvalue weighted by Crippen LogP contribution is -2.35. The van der Waals surface area contributed by atoms with Crippen LogP contribution in [0.3, 0.4) is 0 Å². The largest absolute Gasteiger partial charge is 0.497 e. The number of aliphatic carboxylic acids is 1. The molecule has 0 spiro atoms. The van der Waals surface area contributed by atoms with E-state index in [9.17, 15) is 33.9 Å². The number of nitrogens with one attached hydrogen (secondary N) is 2. The van der Waals surface area contributed by atoms with Crippen LogP contribution in [0.2, 0.25) is 0 Å². The summed E-state index contributed by atoms with van der Waals surface area (Å²) >= 11 is 0. The lowest BCUT2D eigenvalue weighted by atomic mass is 10.0. The number of carbonyl (C=O) groups is 6. The van der Waals surface area contributed by atoms with Crippen molar-refractivity contribution in [2.75, 3.05) is 35.0 Å². The lowest BCUT2D eigenvalue weighted by molar-refractivity contribution is -0.136. The molecule has 18 nitrogen and oxygen atoms in total. The molecule has 0 aliphatic carbocycles. The van der Waals surface area contributed by atoms with Crippen LogP contribution in [0.15, 0.2) is 133 Å². The van der Waals surface area contributed by atoms with Gasteiger partial charge in [0.15, 0.2) is 0 Å². The van der Waals surface area contributed by atoms with Gasteiger partial charge in [-0.25, -0.2) is 19.2 Å². The fourth-order valence-corrected chi connectivity index (χ4v) is 6.94. The summed E-state index contributed by atoms with van der Waals surface area (Å²) in [7, 11) is 6.17. The summed E-state index contributed by atoms with van der Waals surface area (Å²) in [5, 5.41) is 13.8. The Hall–Kier alpha value is -9.58. The fourth-order valence-electron chi connectivity index (χ4n) is 6.94. The zero-order valence-corrected chi connectivity index (χ0v) is 41.3. The zero-order chi connectivity index (χ0) is 53.6. The Morgan fingerprint density at radius 3 is 1.11 bits per heavy atom. The van der Waals surface area contributed by atoms with Gasteiger partial charge in [-0.05, 0) is 138 Å². The second-order valence-electron chi connectivity index (χ2n) is 15.8. The monoisotopic (exact) mass is 1010 g/mol. The van der Waals surface area contributed by atoms with Crippen molar-refractivity contribution in [1.29, 1.82) is 0 Å². The molecule has 74 heavy (non-hydrogen) atoms. The number of hydrogen-bond acceptors (Lipinski definition) is 13. The number of aryl methyl sites for hydroxylation is 2. The molecule has 0 radical (unpaired) electrons. The van der Waals surface area contributed by atoms with Crippen LogP contribution >= 0.6 is 0 Å². The first-order chi connectivity index (χ1) is 35.6. The number of imide groups is 2.